The van der Waals surface area contributed by atoms with Crippen LogP contribution in [0.2, 0.25) is 0 Å². The Hall–Kier alpha value is -3.98. The number of benzene rings is 2. The third kappa shape index (κ3) is 6.20. The minimum atomic E-state index is -0.954. The third-order valence-electron chi connectivity index (χ3n) is 6.88. The van der Waals surface area contributed by atoms with Gasteiger partial charge < -0.3 is 14.6 Å². The Balaban J connectivity index is 1.83. The van der Waals surface area contributed by atoms with Crippen LogP contribution < -0.4 is 9.64 Å². The molecule has 216 valence electrons. The van der Waals surface area contributed by atoms with Gasteiger partial charge in [-0.05, 0) is 61.1 Å². The van der Waals surface area contributed by atoms with E-state index < -0.39 is 23.7 Å². The summed E-state index contributed by atoms with van der Waals surface area (Å²) in [5.74, 6) is -1.86. The number of thiazole rings is 1. The quantitative estimate of drug-likeness (QED) is 0.0990. The molecule has 1 saturated heterocycles. The molecular formula is C32H36N2O6S. The van der Waals surface area contributed by atoms with Crippen molar-refractivity contribution in [1.82, 2.24) is 4.98 Å². The van der Waals surface area contributed by atoms with Gasteiger partial charge in [0.25, 0.3) is 5.78 Å². The lowest BCUT2D eigenvalue weighted by atomic mass is 9.85. The first-order valence-electron chi connectivity index (χ1n) is 13.8. The van der Waals surface area contributed by atoms with Crippen LogP contribution in [0.4, 0.5) is 5.13 Å². The zero-order valence-corrected chi connectivity index (χ0v) is 25.1. The highest BCUT2D eigenvalue weighted by Crippen LogP contribution is 2.44. The summed E-state index contributed by atoms with van der Waals surface area (Å²) in [6.07, 6.45) is 1.93. The van der Waals surface area contributed by atoms with Crippen molar-refractivity contribution in [3.05, 3.63) is 81.4 Å². The molecule has 0 bridgehead atoms. The molecule has 1 unspecified atom stereocenters. The molecular weight excluding hydrogens is 540 g/mol. The predicted molar refractivity (Wildman–Crippen MR) is 160 cm³/mol. The number of nitrogens with zero attached hydrogens (tertiary/aromatic N) is 2. The molecule has 0 spiro atoms. The Labute approximate surface area is 244 Å². The first-order chi connectivity index (χ1) is 19.5. The van der Waals surface area contributed by atoms with Crippen LogP contribution in [0.5, 0.6) is 5.75 Å². The highest BCUT2D eigenvalue weighted by Gasteiger charge is 2.48. The van der Waals surface area contributed by atoms with E-state index in [9.17, 15) is 19.5 Å². The summed E-state index contributed by atoms with van der Waals surface area (Å²) in [5, 5.41) is 11.6. The first-order valence-corrected chi connectivity index (χ1v) is 14.6. The lowest BCUT2D eigenvalue weighted by Crippen LogP contribution is -2.29. The summed E-state index contributed by atoms with van der Waals surface area (Å²) in [7, 11) is 0. The number of aliphatic hydroxyl groups excluding tert-OH is 1. The van der Waals surface area contributed by atoms with Crippen molar-refractivity contribution in [1.29, 1.82) is 0 Å². The second kappa shape index (κ2) is 12.3. The van der Waals surface area contributed by atoms with Crippen molar-refractivity contribution >= 4 is 39.9 Å². The van der Waals surface area contributed by atoms with Crippen molar-refractivity contribution in [3.8, 4) is 5.75 Å². The van der Waals surface area contributed by atoms with Crippen LogP contribution in [0.1, 0.15) is 85.6 Å². The lowest BCUT2D eigenvalue weighted by molar-refractivity contribution is -0.132. The molecule has 2 heterocycles. The van der Waals surface area contributed by atoms with E-state index in [4.69, 9.17) is 9.47 Å². The number of aromatic nitrogens is 1. The van der Waals surface area contributed by atoms with Gasteiger partial charge in [0.05, 0.1) is 30.5 Å². The molecule has 41 heavy (non-hydrogen) atoms. The second-order valence-corrected chi connectivity index (χ2v) is 11.9. The molecule has 4 rings (SSSR count). The molecule has 2 aromatic carbocycles. The molecule has 1 fully saturated rings. The average Bonchev–Trinajstić information content (AvgIpc) is 3.45. The van der Waals surface area contributed by atoms with Gasteiger partial charge >= 0.3 is 11.9 Å². The van der Waals surface area contributed by atoms with Gasteiger partial charge in [0, 0.05) is 5.56 Å². The van der Waals surface area contributed by atoms with Gasteiger partial charge in [0.2, 0.25) is 0 Å². The normalized spacial score (nSPS) is 16.7. The molecule has 0 saturated carbocycles. The standard InChI is InChI=1S/C32H36N2O6S/c1-7-9-18-40-23-16-12-21(13-17-23)26(35)24-25(20-10-14-22(15-11-20)32(4,5)6)34(29(37)27(24)36)31-33-19(3)28(41-31)30(38)39-8-2/h10-17,25,35H,7-9,18H2,1-6H3/b26-24-. The zero-order chi connectivity index (χ0) is 29.9. The maximum Gasteiger partial charge on any atom is 0.350 e. The van der Waals surface area contributed by atoms with Gasteiger partial charge in [-0.2, -0.15) is 0 Å². The molecule has 1 atom stereocenters. The van der Waals surface area contributed by atoms with Crippen LogP contribution in [-0.4, -0.2) is 41.0 Å². The lowest BCUT2D eigenvalue weighted by Gasteiger charge is -2.24. The first kappa shape index (κ1) is 30.0. The van der Waals surface area contributed by atoms with Crippen LogP contribution in [0.3, 0.4) is 0 Å². The van der Waals surface area contributed by atoms with Crippen LogP contribution in [-0.2, 0) is 19.7 Å². The minimum Gasteiger partial charge on any atom is -0.507 e. The minimum absolute atomic E-state index is 0.0521. The number of Topliss-reactive ketones (excluding diaryl/α,β-unsaturated/α-hetero) is 1. The second-order valence-electron chi connectivity index (χ2n) is 10.9. The molecule has 1 aliphatic heterocycles. The van der Waals surface area contributed by atoms with Crippen molar-refractivity contribution < 1.29 is 29.0 Å². The number of esters is 1. The SMILES string of the molecule is CCCCOc1ccc(/C(O)=C2/C(=O)C(=O)N(c3nc(C)c(C(=O)OCC)s3)C2c2ccc(C(C)(C)C)cc2)cc1. The van der Waals surface area contributed by atoms with E-state index in [0.29, 0.717) is 29.2 Å². The Bertz CT molecular complexity index is 1470. The Kier molecular flexibility index (Phi) is 8.97. The Morgan fingerprint density at radius 1 is 1.05 bits per heavy atom. The maximum absolute atomic E-state index is 13.5. The highest BCUT2D eigenvalue weighted by molar-refractivity contribution is 7.17. The van der Waals surface area contributed by atoms with Gasteiger partial charge in [-0.25, -0.2) is 9.78 Å². The molecule has 3 aromatic rings. The number of hydrogen-bond donors (Lipinski definition) is 1. The fourth-order valence-corrected chi connectivity index (χ4v) is 5.57. The van der Waals surface area contributed by atoms with E-state index in [1.54, 1.807) is 38.1 Å². The molecule has 8 nitrogen and oxygen atoms in total. The van der Waals surface area contributed by atoms with Gasteiger partial charge in [0.1, 0.15) is 16.4 Å². The largest absolute Gasteiger partial charge is 0.507 e. The van der Waals surface area contributed by atoms with Crippen LogP contribution in [0.25, 0.3) is 5.76 Å². The predicted octanol–water partition coefficient (Wildman–Crippen LogP) is 6.73. The van der Waals surface area contributed by atoms with E-state index >= 15 is 0 Å². The van der Waals surface area contributed by atoms with Gasteiger partial charge in [-0.15, -0.1) is 0 Å². The number of ether oxygens (including phenoxy) is 2. The number of aliphatic hydroxyl groups is 1. The van der Waals surface area contributed by atoms with Crippen LogP contribution in [0.15, 0.2) is 54.1 Å². The topological polar surface area (TPSA) is 106 Å². The number of anilines is 1. The zero-order valence-electron chi connectivity index (χ0n) is 24.3. The van der Waals surface area contributed by atoms with E-state index in [2.05, 4.69) is 32.7 Å². The van der Waals surface area contributed by atoms with Crippen molar-refractivity contribution in [2.75, 3.05) is 18.1 Å². The smallest absolute Gasteiger partial charge is 0.350 e. The summed E-state index contributed by atoms with van der Waals surface area (Å²) >= 11 is 0.984. The van der Waals surface area contributed by atoms with Crippen LogP contribution >= 0.6 is 11.3 Å². The van der Waals surface area contributed by atoms with E-state index in [1.165, 1.54) is 4.90 Å². The number of unbranched alkanes of at least 4 members (excludes halogenated alkanes) is 1. The molecule has 1 amide bonds. The summed E-state index contributed by atoms with van der Waals surface area (Å²) < 4.78 is 10.9. The molecule has 0 radical (unpaired) electrons. The van der Waals surface area contributed by atoms with Gasteiger partial charge in [0.15, 0.2) is 5.13 Å². The summed E-state index contributed by atoms with van der Waals surface area (Å²) in [4.78, 5) is 45.6. The summed E-state index contributed by atoms with van der Waals surface area (Å²) in [5.41, 5.74) is 2.32. The number of rotatable bonds is 9. The number of amides is 1. The molecule has 1 aromatic heterocycles. The number of hydrogen-bond acceptors (Lipinski definition) is 8. The van der Waals surface area contributed by atoms with E-state index in [1.807, 2.05) is 24.3 Å². The number of carbonyl (C=O) groups is 3. The van der Waals surface area contributed by atoms with Crippen molar-refractivity contribution in [2.45, 2.75) is 65.8 Å². The number of carbonyl (C=O) groups excluding carboxylic acids is 3. The highest BCUT2D eigenvalue weighted by atomic mass is 32.1. The molecule has 1 aliphatic rings. The summed E-state index contributed by atoms with van der Waals surface area (Å²) in [6.45, 7) is 12.5. The Morgan fingerprint density at radius 2 is 1.71 bits per heavy atom. The molecule has 0 aliphatic carbocycles. The summed E-state index contributed by atoms with van der Waals surface area (Å²) in [6, 6.07) is 13.4. The van der Waals surface area contributed by atoms with Crippen LogP contribution in [0, 0.1) is 6.92 Å². The average molecular weight is 577 g/mol. The van der Waals surface area contributed by atoms with Crippen molar-refractivity contribution in [2.24, 2.45) is 0 Å². The van der Waals surface area contributed by atoms with Gasteiger partial charge in [-0.1, -0.05) is 69.7 Å². The molecule has 9 heteroatoms. The fraction of sp³-hybridized carbons (Fsp3) is 0.375. The number of aryl methyl sites for hydroxylation is 1. The van der Waals surface area contributed by atoms with Crippen molar-refractivity contribution in [3.63, 3.8) is 0 Å². The molecule has 1 N–H and O–H groups in total. The number of ketones is 1. The Morgan fingerprint density at radius 3 is 2.29 bits per heavy atom. The monoisotopic (exact) mass is 576 g/mol. The van der Waals surface area contributed by atoms with E-state index in [-0.39, 0.29) is 33.4 Å². The fourth-order valence-electron chi connectivity index (χ4n) is 4.58. The van der Waals surface area contributed by atoms with E-state index in [0.717, 1.165) is 29.7 Å². The van der Waals surface area contributed by atoms with Gasteiger partial charge in [-0.3, -0.25) is 14.5 Å². The third-order valence-corrected chi connectivity index (χ3v) is 8.02. The maximum atomic E-state index is 13.5.